The highest BCUT2D eigenvalue weighted by atomic mass is 16.1. The molecule has 88 valence electrons. The van der Waals surface area contributed by atoms with E-state index in [4.69, 9.17) is 0 Å². The molecule has 2 aromatic rings. The van der Waals surface area contributed by atoms with E-state index in [1.807, 2.05) is 18.2 Å². The molecule has 0 saturated heterocycles. The van der Waals surface area contributed by atoms with Gasteiger partial charge < -0.3 is 0 Å². The molecule has 0 unspecified atom stereocenters. The van der Waals surface area contributed by atoms with Crippen LogP contribution in [0.1, 0.15) is 43.0 Å². The van der Waals surface area contributed by atoms with Gasteiger partial charge in [-0.3, -0.25) is 14.8 Å². The summed E-state index contributed by atoms with van der Waals surface area (Å²) in [7, 11) is 0. The molecule has 1 aromatic carbocycles. The molecule has 3 nitrogen and oxygen atoms in total. The lowest BCUT2D eigenvalue weighted by molar-refractivity contribution is 0.0980. The van der Waals surface area contributed by atoms with Crippen LogP contribution in [0.5, 0.6) is 0 Å². The Hall–Kier alpha value is -1.77. The maximum absolute atomic E-state index is 12.1. The summed E-state index contributed by atoms with van der Waals surface area (Å²) in [4.78, 5) is 20.5. The Labute approximate surface area is 101 Å². The first kappa shape index (κ1) is 11.7. The zero-order valence-corrected chi connectivity index (χ0v) is 10.0. The van der Waals surface area contributed by atoms with Crippen molar-refractivity contribution in [2.45, 2.75) is 32.6 Å². The van der Waals surface area contributed by atoms with Crippen LogP contribution in [-0.2, 0) is 0 Å². The molecule has 0 fully saturated rings. The predicted molar refractivity (Wildman–Crippen MR) is 68.0 cm³/mol. The number of ketones is 1. The molecule has 0 N–H and O–H groups in total. The minimum Gasteiger partial charge on any atom is -0.294 e. The van der Waals surface area contributed by atoms with Crippen LogP contribution in [0.4, 0.5) is 0 Å². The second-order valence-electron chi connectivity index (χ2n) is 4.11. The maximum atomic E-state index is 12.1. The van der Waals surface area contributed by atoms with Crippen molar-refractivity contribution in [3.8, 4) is 0 Å². The number of rotatable bonds is 5. The fraction of sp³-hybridized carbons (Fsp3) is 0.357. The molecule has 17 heavy (non-hydrogen) atoms. The van der Waals surface area contributed by atoms with Crippen molar-refractivity contribution in [3.05, 3.63) is 36.2 Å². The first-order valence-corrected chi connectivity index (χ1v) is 6.06. The van der Waals surface area contributed by atoms with Gasteiger partial charge in [-0.25, -0.2) is 0 Å². The van der Waals surface area contributed by atoms with Gasteiger partial charge in [-0.15, -0.1) is 0 Å². The van der Waals surface area contributed by atoms with E-state index in [1.54, 1.807) is 12.4 Å². The van der Waals surface area contributed by atoms with Crippen LogP contribution in [0.3, 0.4) is 0 Å². The average molecular weight is 228 g/mol. The van der Waals surface area contributed by atoms with Crippen LogP contribution in [0.25, 0.3) is 11.0 Å². The number of nitrogens with zero attached hydrogens (tertiary/aromatic N) is 2. The fourth-order valence-corrected chi connectivity index (χ4v) is 1.89. The second kappa shape index (κ2) is 5.53. The highest BCUT2D eigenvalue weighted by Crippen LogP contribution is 2.16. The van der Waals surface area contributed by atoms with Gasteiger partial charge in [0.15, 0.2) is 5.78 Å². The third kappa shape index (κ3) is 2.67. The van der Waals surface area contributed by atoms with Crippen LogP contribution in [0, 0.1) is 0 Å². The summed E-state index contributed by atoms with van der Waals surface area (Å²) in [5.41, 5.74) is 2.21. The number of carbonyl (C=O) groups excluding carboxylic acids is 1. The molecule has 0 aliphatic heterocycles. The number of para-hydroxylation sites is 1. The quantitative estimate of drug-likeness (QED) is 0.582. The Balaban J connectivity index is 2.26. The van der Waals surface area contributed by atoms with Crippen molar-refractivity contribution >= 4 is 16.8 Å². The van der Waals surface area contributed by atoms with Gasteiger partial charge >= 0.3 is 0 Å². The Morgan fingerprint density at radius 3 is 2.82 bits per heavy atom. The first-order valence-electron chi connectivity index (χ1n) is 6.06. The third-order valence-corrected chi connectivity index (χ3v) is 2.81. The molecule has 0 amide bonds. The summed E-state index contributed by atoms with van der Waals surface area (Å²) in [6, 6.07) is 5.58. The smallest absolute Gasteiger partial charge is 0.165 e. The maximum Gasteiger partial charge on any atom is 0.165 e. The number of carbonyl (C=O) groups is 1. The molecule has 0 radical (unpaired) electrons. The van der Waals surface area contributed by atoms with E-state index < -0.39 is 0 Å². The molecule has 0 saturated carbocycles. The first-order chi connectivity index (χ1) is 8.33. The van der Waals surface area contributed by atoms with Gasteiger partial charge in [0.25, 0.3) is 0 Å². The Kier molecular flexibility index (Phi) is 3.81. The molecule has 1 heterocycles. The van der Waals surface area contributed by atoms with Crippen molar-refractivity contribution in [1.29, 1.82) is 0 Å². The predicted octanol–water partition coefficient (Wildman–Crippen LogP) is 3.39. The van der Waals surface area contributed by atoms with Crippen molar-refractivity contribution in [2.24, 2.45) is 0 Å². The third-order valence-electron chi connectivity index (χ3n) is 2.81. The largest absolute Gasteiger partial charge is 0.294 e. The van der Waals surface area contributed by atoms with Crippen LogP contribution in [-0.4, -0.2) is 15.8 Å². The van der Waals surface area contributed by atoms with Crippen LogP contribution in [0.15, 0.2) is 30.6 Å². The summed E-state index contributed by atoms with van der Waals surface area (Å²) in [6.07, 6.45) is 7.05. The minimum absolute atomic E-state index is 0.171. The molecular formula is C14H16N2O. The normalized spacial score (nSPS) is 10.6. The Morgan fingerprint density at radius 2 is 2.00 bits per heavy atom. The number of hydrogen-bond donors (Lipinski definition) is 0. The number of unbranched alkanes of at least 4 members (excludes halogenated alkanes) is 2. The van der Waals surface area contributed by atoms with Gasteiger partial charge in [-0.05, 0) is 18.6 Å². The molecule has 0 bridgehead atoms. The fourth-order valence-electron chi connectivity index (χ4n) is 1.89. The van der Waals surface area contributed by atoms with E-state index in [-0.39, 0.29) is 5.78 Å². The monoisotopic (exact) mass is 228 g/mol. The van der Waals surface area contributed by atoms with Crippen molar-refractivity contribution in [1.82, 2.24) is 9.97 Å². The van der Waals surface area contributed by atoms with E-state index in [0.29, 0.717) is 12.0 Å². The Bertz CT molecular complexity index is 517. The van der Waals surface area contributed by atoms with Gasteiger partial charge in [-0.1, -0.05) is 25.8 Å². The average Bonchev–Trinajstić information content (AvgIpc) is 2.38. The van der Waals surface area contributed by atoms with E-state index in [1.165, 1.54) is 0 Å². The highest BCUT2D eigenvalue weighted by Gasteiger charge is 2.10. The summed E-state index contributed by atoms with van der Waals surface area (Å²) < 4.78 is 0. The summed E-state index contributed by atoms with van der Waals surface area (Å²) in [5.74, 6) is 0.171. The second-order valence-corrected chi connectivity index (χ2v) is 4.11. The number of Topliss-reactive ketones (excluding diaryl/α,β-unsaturated/α-hetero) is 1. The van der Waals surface area contributed by atoms with Gasteiger partial charge in [-0.2, -0.15) is 0 Å². The molecule has 0 spiro atoms. The van der Waals surface area contributed by atoms with Gasteiger partial charge in [0.2, 0.25) is 0 Å². The van der Waals surface area contributed by atoms with Gasteiger partial charge in [0, 0.05) is 24.4 Å². The zero-order valence-electron chi connectivity index (χ0n) is 10.0. The summed E-state index contributed by atoms with van der Waals surface area (Å²) in [5, 5.41) is 0. The molecule has 0 aliphatic carbocycles. The number of benzene rings is 1. The van der Waals surface area contributed by atoms with Crippen molar-refractivity contribution in [2.75, 3.05) is 0 Å². The lowest BCUT2D eigenvalue weighted by Crippen LogP contribution is -2.01. The minimum atomic E-state index is 0.171. The van der Waals surface area contributed by atoms with E-state index in [0.717, 1.165) is 30.3 Å². The lowest BCUT2D eigenvalue weighted by atomic mass is 10.0. The number of hydrogen-bond acceptors (Lipinski definition) is 3. The molecular weight excluding hydrogens is 212 g/mol. The molecule has 0 aliphatic rings. The summed E-state index contributed by atoms with van der Waals surface area (Å²) in [6.45, 7) is 2.13. The highest BCUT2D eigenvalue weighted by molar-refractivity contribution is 6.05. The standard InChI is InChI=1S/C14H16N2O/c1-2-3-4-8-13(17)11-6-5-7-12-14(11)16-10-9-15-12/h5-7,9-10H,2-4,8H2,1H3. The molecule has 0 atom stereocenters. The molecule has 3 heteroatoms. The number of aromatic nitrogens is 2. The Morgan fingerprint density at radius 1 is 1.18 bits per heavy atom. The number of fused-ring (bicyclic) bond motifs is 1. The van der Waals surface area contributed by atoms with E-state index in [2.05, 4.69) is 16.9 Å². The molecule has 1 aromatic heterocycles. The van der Waals surface area contributed by atoms with E-state index >= 15 is 0 Å². The van der Waals surface area contributed by atoms with Crippen LogP contribution < -0.4 is 0 Å². The van der Waals surface area contributed by atoms with Gasteiger partial charge in [0.1, 0.15) is 0 Å². The zero-order chi connectivity index (χ0) is 12.1. The molecule has 2 rings (SSSR count). The SMILES string of the molecule is CCCCCC(=O)c1cccc2nccnc12. The van der Waals surface area contributed by atoms with Crippen LogP contribution in [0.2, 0.25) is 0 Å². The van der Waals surface area contributed by atoms with E-state index in [9.17, 15) is 4.79 Å². The van der Waals surface area contributed by atoms with Crippen LogP contribution >= 0.6 is 0 Å². The van der Waals surface area contributed by atoms with Gasteiger partial charge in [0.05, 0.1) is 11.0 Å². The summed E-state index contributed by atoms with van der Waals surface area (Å²) >= 11 is 0. The van der Waals surface area contributed by atoms with Crippen molar-refractivity contribution in [3.63, 3.8) is 0 Å². The topological polar surface area (TPSA) is 42.9 Å². The van der Waals surface area contributed by atoms with Crippen molar-refractivity contribution < 1.29 is 4.79 Å². The lowest BCUT2D eigenvalue weighted by Gasteiger charge is -2.03.